The number of aromatic carboxylic acids is 1. The average Bonchev–Trinajstić information content (AvgIpc) is 2.82. The molecule has 0 amide bonds. The van der Waals surface area contributed by atoms with Gasteiger partial charge in [0.05, 0.1) is 9.13 Å². The molecule has 0 bridgehead atoms. The molecule has 0 radical (unpaired) electrons. The summed E-state index contributed by atoms with van der Waals surface area (Å²) in [6, 6.07) is 9.61. The van der Waals surface area contributed by atoms with E-state index in [0.29, 0.717) is 3.57 Å². The molecular formula is C29H43IO3. The minimum absolute atomic E-state index is 0.185. The molecule has 0 aliphatic heterocycles. The van der Waals surface area contributed by atoms with Crippen molar-refractivity contribution in [3.05, 3.63) is 45.0 Å². The van der Waals surface area contributed by atoms with Crippen molar-refractivity contribution in [3.63, 3.8) is 0 Å². The predicted molar refractivity (Wildman–Crippen MR) is 148 cm³/mol. The Hall–Kier alpha value is -1.30. The minimum atomic E-state index is -1.50. The standard InChI is InChI=1S/C29H43IO3/c1-2-3-4-5-6-7-8-9-10-11-12-13-14-15-16-17-19-24-20-18-21-25-22-27(29(31)32)28(30-33)23-26(24)25/h18,20-23H,2-17,19H2,1H3,(H,31,32). The van der Waals surface area contributed by atoms with Crippen molar-refractivity contribution >= 4 is 37.9 Å². The second-order valence-electron chi connectivity index (χ2n) is 9.41. The smallest absolute Gasteiger partial charge is 0.336 e. The van der Waals surface area contributed by atoms with Crippen LogP contribution in [0.4, 0.5) is 0 Å². The number of benzene rings is 2. The molecule has 1 N–H and O–H groups in total. The highest BCUT2D eigenvalue weighted by Gasteiger charge is 2.13. The number of carbonyl (C=O) groups is 1. The number of hydrogen-bond acceptors (Lipinski definition) is 2. The first-order chi connectivity index (χ1) is 16.2. The summed E-state index contributed by atoms with van der Waals surface area (Å²) in [4.78, 5) is 11.4. The largest absolute Gasteiger partial charge is 0.478 e. The zero-order chi connectivity index (χ0) is 23.7. The van der Waals surface area contributed by atoms with Crippen molar-refractivity contribution in [1.82, 2.24) is 0 Å². The normalized spacial score (nSPS) is 11.3. The molecule has 0 unspecified atom stereocenters. The van der Waals surface area contributed by atoms with Gasteiger partial charge in [0.25, 0.3) is 0 Å². The Morgan fingerprint density at radius 2 is 1.27 bits per heavy atom. The Morgan fingerprint density at radius 1 is 0.758 bits per heavy atom. The van der Waals surface area contributed by atoms with Gasteiger partial charge in [-0.15, -0.1) is 0 Å². The summed E-state index contributed by atoms with van der Waals surface area (Å²) in [5.41, 5.74) is 1.43. The summed E-state index contributed by atoms with van der Waals surface area (Å²) >= 11 is -1.50. The maximum atomic E-state index is 11.6. The number of rotatable bonds is 19. The van der Waals surface area contributed by atoms with Gasteiger partial charge < -0.3 is 5.11 Å². The zero-order valence-corrected chi connectivity index (χ0v) is 22.7. The molecule has 2 aromatic carbocycles. The molecule has 2 rings (SSSR count). The summed E-state index contributed by atoms with van der Waals surface area (Å²) < 4.78 is 12.1. The molecule has 33 heavy (non-hydrogen) atoms. The lowest BCUT2D eigenvalue weighted by atomic mass is 9.97. The van der Waals surface area contributed by atoms with Gasteiger partial charge in [-0.3, -0.25) is 3.07 Å². The highest BCUT2D eigenvalue weighted by atomic mass is 127. The van der Waals surface area contributed by atoms with E-state index in [1.54, 1.807) is 6.07 Å². The predicted octanol–water partition coefficient (Wildman–Crippen LogP) is 9.83. The summed E-state index contributed by atoms with van der Waals surface area (Å²) in [5, 5.41) is 11.4. The maximum Gasteiger partial charge on any atom is 0.336 e. The van der Waals surface area contributed by atoms with Crippen LogP contribution in [0.15, 0.2) is 30.3 Å². The van der Waals surface area contributed by atoms with Gasteiger partial charge in [-0.25, -0.2) is 4.79 Å². The van der Waals surface area contributed by atoms with Crippen LogP contribution in [0.5, 0.6) is 0 Å². The first-order valence-electron chi connectivity index (χ1n) is 13.2. The monoisotopic (exact) mass is 566 g/mol. The number of carboxylic acids is 1. The fraction of sp³-hybridized carbons (Fsp3) is 0.621. The number of aryl methyl sites for hydroxylation is 1. The first-order valence-corrected chi connectivity index (χ1v) is 15.2. The van der Waals surface area contributed by atoms with Crippen LogP contribution in [0.1, 0.15) is 126 Å². The van der Waals surface area contributed by atoms with E-state index < -0.39 is 27.2 Å². The van der Waals surface area contributed by atoms with Crippen LogP contribution in [0.2, 0.25) is 0 Å². The second-order valence-corrected chi connectivity index (χ2v) is 11.0. The van der Waals surface area contributed by atoms with Crippen LogP contribution in [-0.2, 0) is 9.49 Å². The molecule has 0 fully saturated rings. The van der Waals surface area contributed by atoms with E-state index in [1.165, 1.54) is 102 Å². The Morgan fingerprint density at radius 3 is 1.76 bits per heavy atom. The molecule has 0 saturated carbocycles. The molecule has 0 aliphatic carbocycles. The van der Waals surface area contributed by atoms with Gasteiger partial charge in [0, 0.05) is 0 Å². The summed E-state index contributed by atoms with van der Waals surface area (Å²) in [5.74, 6) is -0.995. The minimum Gasteiger partial charge on any atom is -0.478 e. The second kappa shape index (κ2) is 17.2. The molecule has 4 heteroatoms. The molecule has 0 aromatic heterocycles. The highest BCUT2D eigenvalue weighted by Crippen LogP contribution is 2.27. The van der Waals surface area contributed by atoms with E-state index in [2.05, 4.69) is 13.0 Å². The molecule has 184 valence electrons. The van der Waals surface area contributed by atoms with Gasteiger partial charge in [-0.1, -0.05) is 121 Å². The van der Waals surface area contributed by atoms with E-state index in [-0.39, 0.29) is 5.56 Å². The average molecular weight is 567 g/mol. The number of hydrogen-bond donors (Lipinski definition) is 1. The third-order valence-electron chi connectivity index (χ3n) is 6.67. The van der Waals surface area contributed by atoms with Crippen LogP contribution in [0.25, 0.3) is 10.8 Å². The number of halogens is 1. The SMILES string of the molecule is CCCCCCCCCCCCCCCCCCc1cccc2cc(C(=O)O)c(I=O)cc12. The number of carboxylic acid groups (broad SMARTS) is 1. The van der Waals surface area contributed by atoms with Gasteiger partial charge in [0.2, 0.25) is 0 Å². The van der Waals surface area contributed by atoms with Crippen molar-refractivity contribution in [2.24, 2.45) is 0 Å². The Balaban J connectivity index is 1.56. The fourth-order valence-corrected chi connectivity index (χ4v) is 5.74. The van der Waals surface area contributed by atoms with E-state index >= 15 is 0 Å². The topological polar surface area (TPSA) is 54.4 Å². The lowest BCUT2D eigenvalue weighted by Gasteiger charge is -2.09. The van der Waals surface area contributed by atoms with Crippen LogP contribution in [-0.4, -0.2) is 11.1 Å². The molecule has 0 aliphatic rings. The maximum absolute atomic E-state index is 11.6. The molecule has 0 spiro atoms. The van der Waals surface area contributed by atoms with Crippen LogP contribution >= 0.6 is 21.2 Å². The Bertz CT molecular complexity index is 846. The molecule has 0 heterocycles. The summed E-state index contributed by atoms with van der Waals surface area (Å²) in [6.45, 7) is 2.28. The first kappa shape index (κ1) is 27.9. The van der Waals surface area contributed by atoms with Gasteiger partial charge >= 0.3 is 5.97 Å². The quantitative estimate of drug-likeness (QED) is 0.136. The highest BCUT2D eigenvalue weighted by molar-refractivity contribution is 14.1. The van der Waals surface area contributed by atoms with E-state index in [4.69, 9.17) is 0 Å². The summed E-state index contributed by atoms with van der Waals surface area (Å²) in [6.07, 6.45) is 22.9. The molecule has 0 atom stereocenters. The zero-order valence-electron chi connectivity index (χ0n) is 20.5. The lowest BCUT2D eigenvalue weighted by molar-refractivity contribution is 0.0696. The summed E-state index contributed by atoms with van der Waals surface area (Å²) in [7, 11) is 0. The van der Waals surface area contributed by atoms with Gasteiger partial charge in [-0.05, 0) is 41.3 Å². The van der Waals surface area contributed by atoms with Crippen molar-refractivity contribution in [2.45, 2.75) is 116 Å². The number of fused-ring (bicyclic) bond motifs is 1. The van der Waals surface area contributed by atoms with E-state index in [9.17, 15) is 13.0 Å². The van der Waals surface area contributed by atoms with E-state index in [1.807, 2.05) is 18.2 Å². The van der Waals surface area contributed by atoms with E-state index in [0.717, 1.165) is 23.6 Å². The third-order valence-corrected chi connectivity index (χ3v) is 8.04. The molecular weight excluding hydrogens is 523 g/mol. The van der Waals surface area contributed by atoms with Crippen molar-refractivity contribution in [2.75, 3.05) is 0 Å². The van der Waals surface area contributed by atoms with Crippen molar-refractivity contribution in [1.29, 1.82) is 0 Å². The molecule has 0 saturated heterocycles. The van der Waals surface area contributed by atoms with Gasteiger partial charge in [-0.2, -0.15) is 0 Å². The van der Waals surface area contributed by atoms with Crippen molar-refractivity contribution < 1.29 is 13.0 Å². The van der Waals surface area contributed by atoms with Crippen molar-refractivity contribution in [3.8, 4) is 0 Å². The van der Waals surface area contributed by atoms with Crippen LogP contribution < -0.4 is 0 Å². The number of unbranched alkanes of at least 4 members (excludes halogenated alkanes) is 15. The van der Waals surface area contributed by atoms with Crippen LogP contribution in [0, 0.1) is 3.57 Å². The fourth-order valence-electron chi connectivity index (χ4n) is 4.67. The third kappa shape index (κ3) is 10.7. The van der Waals surface area contributed by atoms with Gasteiger partial charge in [0.1, 0.15) is 0 Å². The Kier molecular flexibility index (Phi) is 14.5. The molecule has 3 nitrogen and oxygen atoms in total. The molecule has 2 aromatic rings. The van der Waals surface area contributed by atoms with Gasteiger partial charge in [0.15, 0.2) is 21.2 Å². The lowest BCUT2D eigenvalue weighted by Crippen LogP contribution is -2.00. The van der Waals surface area contributed by atoms with Crippen LogP contribution in [0.3, 0.4) is 0 Å². The Labute approximate surface area is 211 Å².